The smallest absolute Gasteiger partial charge is 0.0659 e. The highest BCUT2D eigenvalue weighted by atomic mass is 79.9. The zero-order chi connectivity index (χ0) is 13.0. The van der Waals surface area contributed by atoms with Crippen LogP contribution in [0.15, 0.2) is 58.1 Å². The number of halogens is 2. The number of hydrogen-bond acceptors (Lipinski definition) is 2. The topological polar surface area (TPSA) is 24.4 Å². The van der Waals surface area contributed by atoms with E-state index in [9.17, 15) is 0 Å². The summed E-state index contributed by atoms with van der Waals surface area (Å²) in [5.41, 5.74) is 5.83. The lowest BCUT2D eigenvalue weighted by molar-refractivity contribution is 1.32. The van der Waals surface area contributed by atoms with Gasteiger partial charge in [0.15, 0.2) is 0 Å². The SMILES string of the molecule is C/C(=N\Nc1cccc(Cl)c1)c1ccccc1Br. The standard InChI is InChI=1S/C14H12BrClN2/c1-10(13-7-2-3-8-14(13)15)17-18-12-6-4-5-11(16)9-12/h2-9,18H,1H3/b17-10+. The van der Waals surface area contributed by atoms with Gasteiger partial charge < -0.3 is 0 Å². The van der Waals surface area contributed by atoms with Crippen LogP contribution in [0.1, 0.15) is 12.5 Å². The van der Waals surface area contributed by atoms with Crippen LogP contribution >= 0.6 is 27.5 Å². The molecule has 0 bridgehead atoms. The Hall–Kier alpha value is -1.32. The van der Waals surface area contributed by atoms with Crippen molar-refractivity contribution in [2.45, 2.75) is 6.92 Å². The molecule has 0 amide bonds. The summed E-state index contributed by atoms with van der Waals surface area (Å²) in [5.74, 6) is 0. The summed E-state index contributed by atoms with van der Waals surface area (Å²) >= 11 is 9.41. The van der Waals surface area contributed by atoms with Crippen molar-refractivity contribution >= 4 is 38.9 Å². The van der Waals surface area contributed by atoms with Crippen LogP contribution in [0, 0.1) is 0 Å². The molecule has 2 nitrogen and oxygen atoms in total. The van der Waals surface area contributed by atoms with Gasteiger partial charge in [-0.1, -0.05) is 51.8 Å². The molecule has 0 aliphatic heterocycles. The molecule has 0 heterocycles. The zero-order valence-electron chi connectivity index (χ0n) is 9.82. The molecule has 0 saturated carbocycles. The van der Waals surface area contributed by atoms with Gasteiger partial charge >= 0.3 is 0 Å². The second kappa shape index (κ2) is 6.03. The van der Waals surface area contributed by atoms with E-state index >= 15 is 0 Å². The van der Waals surface area contributed by atoms with Crippen molar-refractivity contribution in [1.29, 1.82) is 0 Å². The molecule has 2 aromatic rings. The first-order chi connectivity index (χ1) is 8.66. The van der Waals surface area contributed by atoms with E-state index in [1.807, 2.05) is 55.5 Å². The molecule has 0 saturated heterocycles. The number of hydrazone groups is 1. The molecule has 4 heteroatoms. The van der Waals surface area contributed by atoms with Crippen LogP contribution in [-0.2, 0) is 0 Å². The van der Waals surface area contributed by atoms with Gasteiger partial charge in [0.1, 0.15) is 0 Å². The van der Waals surface area contributed by atoms with Crippen LogP contribution in [0.2, 0.25) is 5.02 Å². The van der Waals surface area contributed by atoms with E-state index in [1.165, 1.54) is 0 Å². The zero-order valence-corrected chi connectivity index (χ0v) is 12.2. The Balaban J connectivity index is 2.17. The molecular formula is C14H12BrClN2. The average molecular weight is 324 g/mol. The quantitative estimate of drug-likeness (QED) is 0.628. The molecule has 0 fully saturated rings. The Morgan fingerprint density at radius 1 is 1.17 bits per heavy atom. The van der Waals surface area contributed by atoms with E-state index in [1.54, 1.807) is 0 Å². The van der Waals surface area contributed by atoms with E-state index in [-0.39, 0.29) is 0 Å². The summed E-state index contributed by atoms with van der Waals surface area (Å²) in [6.07, 6.45) is 0. The van der Waals surface area contributed by atoms with Gasteiger partial charge in [0.2, 0.25) is 0 Å². The molecule has 0 spiro atoms. The summed E-state index contributed by atoms with van der Waals surface area (Å²) in [6, 6.07) is 15.4. The maximum atomic E-state index is 5.91. The highest BCUT2D eigenvalue weighted by Gasteiger charge is 2.01. The van der Waals surface area contributed by atoms with Gasteiger partial charge in [0, 0.05) is 15.1 Å². The van der Waals surface area contributed by atoms with E-state index < -0.39 is 0 Å². The summed E-state index contributed by atoms with van der Waals surface area (Å²) < 4.78 is 1.03. The van der Waals surface area contributed by atoms with Gasteiger partial charge in [-0.25, -0.2) is 0 Å². The van der Waals surface area contributed by atoms with Gasteiger partial charge in [-0.3, -0.25) is 5.43 Å². The molecule has 0 aliphatic rings. The third-order valence-electron chi connectivity index (χ3n) is 2.44. The van der Waals surface area contributed by atoms with E-state index in [2.05, 4.69) is 26.5 Å². The lowest BCUT2D eigenvalue weighted by atomic mass is 10.1. The van der Waals surface area contributed by atoms with Gasteiger partial charge in [0.05, 0.1) is 11.4 Å². The average Bonchev–Trinajstić information content (AvgIpc) is 2.37. The molecular weight excluding hydrogens is 312 g/mol. The van der Waals surface area contributed by atoms with Crippen LogP contribution in [-0.4, -0.2) is 5.71 Å². The Morgan fingerprint density at radius 3 is 2.67 bits per heavy atom. The predicted molar refractivity (Wildman–Crippen MR) is 81.4 cm³/mol. The first-order valence-electron chi connectivity index (χ1n) is 5.47. The minimum atomic E-state index is 0.689. The number of anilines is 1. The third kappa shape index (κ3) is 3.34. The first-order valence-corrected chi connectivity index (χ1v) is 6.64. The first kappa shape index (κ1) is 13.1. The second-order valence-electron chi connectivity index (χ2n) is 3.80. The molecule has 0 atom stereocenters. The Bertz CT molecular complexity index is 582. The molecule has 0 unspecified atom stereocenters. The number of hydrogen-bond donors (Lipinski definition) is 1. The minimum Gasteiger partial charge on any atom is -0.278 e. The molecule has 0 aromatic heterocycles. The number of rotatable bonds is 3. The maximum absolute atomic E-state index is 5.91. The molecule has 92 valence electrons. The molecule has 1 N–H and O–H groups in total. The highest BCUT2D eigenvalue weighted by Crippen LogP contribution is 2.18. The molecule has 2 rings (SSSR count). The van der Waals surface area contributed by atoms with Gasteiger partial charge in [-0.15, -0.1) is 0 Å². The van der Waals surface area contributed by atoms with Crippen molar-refractivity contribution in [2.75, 3.05) is 5.43 Å². The van der Waals surface area contributed by atoms with Crippen molar-refractivity contribution in [3.8, 4) is 0 Å². The van der Waals surface area contributed by atoms with Crippen LogP contribution in [0.5, 0.6) is 0 Å². The Labute approximate surface area is 120 Å². The van der Waals surface area contributed by atoms with E-state index in [4.69, 9.17) is 11.6 Å². The lowest BCUT2D eigenvalue weighted by Gasteiger charge is -2.05. The van der Waals surface area contributed by atoms with Gasteiger partial charge in [0.25, 0.3) is 0 Å². The fraction of sp³-hybridized carbons (Fsp3) is 0.0714. The van der Waals surface area contributed by atoms with E-state index in [0.717, 1.165) is 21.4 Å². The molecule has 0 aliphatic carbocycles. The minimum absolute atomic E-state index is 0.689. The fourth-order valence-corrected chi connectivity index (χ4v) is 2.28. The maximum Gasteiger partial charge on any atom is 0.0659 e. The summed E-state index contributed by atoms with van der Waals surface area (Å²) in [7, 11) is 0. The number of nitrogens with zero attached hydrogens (tertiary/aromatic N) is 1. The molecule has 18 heavy (non-hydrogen) atoms. The fourth-order valence-electron chi connectivity index (χ4n) is 1.52. The van der Waals surface area contributed by atoms with Crippen LogP contribution < -0.4 is 5.43 Å². The Morgan fingerprint density at radius 2 is 1.94 bits per heavy atom. The van der Waals surface area contributed by atoms with Crippen molar-refractivity contribution in [1.82, 2.24) is 0 Å². The van der Waals surface area contributed by atoms with Crippen LogP contribution in [0.25, 0.3) is 0 Å². The van der Waals surface area contributed by atoms with Crippen molar-refractivity contribution in [3.63, 3.8) is 0 Å². The van der Waals surface area contributed by atoms with Crippen molar-refractivity contribution in [2.24, 2.45) is 5.10 Å². The number of nitrogens with one attached hydrogen (secondary N) is 1. The summed E-state index contributed by atoms with van der Waals surface area (Å²) in [6.45, 7) is 1.96. The van der Waals surface area contributed by atoms with Gasteiger partial charge in [-0.2, -0.15) is 5.10 Å². The predicted octanol–water partition coefficient (Wildman–Crippen LogP) is 4.94. The number of benzene rings is 2. The lowest BCUT2D eigenvalue weighted by Crippen LogP contribution is -2.00. The second-order valence-corrected chi connectivity index (χ2v) is 5.09. The van der Waals surface area contributed by atoms with Crippen molar-refractivity contribution < 1.29 is 0 Å². The third-order valence-corrected chi connectivity index (χ3v) is 3.37. The summed E-state index contributed by atoms with van der Waals surface area (Å²) in [4.78, 5) is 0. The van der Waals surface area contributed by atoms with E-state index in [0.29, 0.717) is 5.02 Å². The molecule has 0 radical (unpaired) electrons. The normalized spacial score (nSPS) is 11.4. The van der Waals surface area contributed by atoms with Crippen LogP contribution in [0.3, 0.4) is 0 Å². The highest BCUT2D eigenvalue weighted by molar-refractivity contribution is 9.10. The summed E-state index contributed by atoms with van der Waals surface area (Å²) in [5, 5.41) is 5.03. The van der Waals surface area contributed by atoms with Crippen LogP contribution in [0.4, 0.5) is 5.69 Å². The van der Waals surface area contributed by atoms with Crippen molar-refractivity contribution in [3.05, 3.63) is 63.6 Å². The van der Waals surface area contributed by atoms with Gasteiger partial charge in [-0.05, 0) is 31.2 Å². The molecule has 2 aromatic carbocycles. The Kier molecular flexibility index (Phi) is 4.39. The monoisotopic (exact) mass is 322 g/mol. The largest absolute Gasteiger partial charge is 0.278 e.